The highest BCUT2D eigenvalue weighted by Gasteiger charge is 2.40. The highest BCUT2D eigenvalue weighted by Crippen LogP contribution is 2.25. The molecule has 1 heterocycles. The van der Waals surface area contributed by atoms with Crippen molar-refractivity contribution in [3.8, 4) is 0 Å². The summed E-state index contributed by atoms with van der Waals surface area (Å²) in [6, 6.07) is 0. The number of nitrogens with one attached hydrogen (secondary N) is 2. The van der Waals surface area contributed by atoms with Crippen LogP contribution < -0.4 is 10.6 Å². The molecule has 0 aromatic heterocycles. The third-order valence-corrected chi connectivity index (χ3v) is 3.51. The summed E-state index contributed by atoms with van der Waals surface area (Å²) in [7, 11) is 0. The largest absolute Gasteiger partial charge is 0.396 e. The van der Waals surface area contributed by atoms with Crippen LogP contribution in [0.2, 0.25) is 0 Å². The van der Waals surface area contributed by atoms with Gasteiger partial charge in [-0.05, 0) is 25.8 Å². The van der Waals surface area contributed by atoms with E-state index in [-0.39, 0.29) is 23.5 Å². The van der Waals surface area contributed by atoms with Gasteiger partial charge in [-0.2, -0.15) is 0 Å². The summed E-state index contributed by atoms with van der Waals surface area (Å²) in [5.74, 6) is 0.0957. The van der Waals surface area contributed by atoms with Gasteiger partial charge in [0, 0.05) is 18.6 Å². The molecular weight excluding hydrogens is 216 g/mol. The highest BCUT2D eigenvalue weighted by atomic mass is 16.3. The Kier molecular flexibility index (Phi) is 4.95. The second-order valence-electron chi connectivity index (χ2n) is 5.87. The second kappa shape index (κ2) is 5.83. The number of carbonyl (C=O) groups is 1. The number of hydrogen-bond donors (Lipinski definition) is 3. The molecule has 1 saturated heterocycles. The quantitative estimate of drug-likeness (QED) is 0.652. The third kappa shape index (κ3) is 3.68. The lowest BCUT2D eigenvalue weighted by Crippen LogP contribution is -2.55. The molecule has 1 fully saturated rings. The van der Waals surface area contributed by atoms with Gasteiger partial charge in [0.25, 0.3) is 0 Å². The van der Waals surface area contributed by atoms with E-state index in [1.165, 1.54) is 0 Å². The molecule has 0 spiro atoms. The van der Waals surface area contributed by atoms with E-state index in [9.17, 15) is 9.90 Å². The van der Waals surface area contributed by atoms with E-state index < -0.39 is 0 Å². The van der Waals surface area contributed by atoms with Gasteiger partial charge in [0.1, 0.15) is 0 Å². The smallest absolute Gasteiger partial charge is 0.240 e. The number of rotatable bonds is 6. The fraction of sp³-hybridized carbons (Fsp3) is 0.923. The Bertz CT molecular complexity index is 258. The van der Waals surface area contributed by atoms with Crippen LogP contribution in [0.4, 0.5) is 0 Å². The summed E-state index contributed by atoms with van der Waals surface area (Å²) >= 11 is 0. The Morgan fingerprint density at radius 2 is 2.24 bits per heavy atom. The zero-order valence-electron chi connectivity index (χ0n) is 11.3. The van der Waals surface area contributed by atoms with Crippen LogP contribution in [0.1, 0.15) is 46.5 Å². The summed E-state index contributed by atoms with van der Waals surface area (Å²) < 4.78 is 0. The zero-order valence-corrected chi connectivity index (χ0v) is 11.3. The summed E-state index contributed by atoms with van der Waals surface area (Å²) in [6.45, 7) is 7.53. The Labute approximate surface area is 104 Å². The summed E-state index contributed by atoms with van der Waals surface area (Å²) in [4.78, 5) is 12.3. The van der Waals surface area contributed by atoms with Crippen LogP contribution in [-0.4, -0.2) is 36.2 Å². The summed E-state index contributed by atoms with van der Waals surface area (Å²) in [6.07, 6.45) is 3.88. The number of aliphatic hydroxyl groups is 1. The average Bonchev–Trinajstić information content (AvgIpc) is 2.76. The Balaban J connectivity index is 2.55. The van der Waals surface area contributed by atoms with Gasteiger partial charge in [-0.1, -0.05) is 27.2 Å². The van der Waals surface area contributed by atoms with Gasteiger partial charge in [0.2, 0.25) is 5.91 Å². The monoisotopic (exact) mass is 242 g/mol. The molecule has 17 heavy (non-hydrogen) atoms. The lowest BCUT2D eigenvalue weighted by molar-refractivity contribution is -0.128. The molecule has 4 nitrogen and oxygen atoms in total. The molecule has 0 radical (unpaired) electrons. The lowest BCUT2D eigenvalue weighted by atomic mass is 9.89. The first-order chi connectivity index (χ1) is 7.96. The van der Waals surface area contributed by atoms with Crippen LogP contribution in [-0.2, 0) is 4.79 Å². The number of aliphatic hydroxyl groups excluding tert-OH is 1. The van der Waals surface area contributed by atoms with Crippen LogP contribution in [0.5, 0.6) is 0 Å². The van der Waals surface area contributed by atoms with Gasteiger partial charge >= 0.3 is 0 Å². The van der Waals surface area contributed by atoms with E-state index in [1.54, 1.807) is 0 Å². The minimum Gasteiger partial charge on any atom is -0.396 e. The molecule has 1 unspecified atom stereocenters. The molecule has 0 saturated carbocycles. The maximum Gasteiger partial charge on any atom is 0.240 e. The van der Waals surface area contributed by atoms with Crippen molar-refractivity contribution < 1.29 is 9.90 Å². The fourth-order valence-corrected chi connectivity index (χ4v) is 2.30. The van der Waals surface area contributed by atoms with Gasteiger partial charge in [0.15, 0.2) is 0 Å². The van der Waals surface area contributed by atoms with Crippen LogP contribution in [0.15, 0.2) is 0 Å². The van der Waals surface area contributed by atoms with Gasteiger partial charge in [0.05, 0.1) is 5.54 Å². The SMILES string of the molecule is CCCC1(C(=O)NCC(C)(C)CO)CCCN1. The highest BCUT2D eigenvalue weighted by molar-refractivity contribution is 5.86. The van der Waals surface area contributed by atoms with E-state index in [4.69, 9.17) is 0 Å². The number of amides is 1. The molecular formula is C13H26N2O2. The molecule has 1 rings (SSSR count). The van der Waals surface area contributed by atoms with Crippen molar-refractivity contribution >= 4 is 5.91 Å². The first-order valence-corrected chi connectivity index (χ1v) is 6.60. The molecule has 0 aromatic carbocycles. The van der Waals surface area contributed by atoms with E-state index in [0.717, 1.165) is 32.2 Å². The van der Waals surface area contributed by atoms with E-state index in [2.05, 4.69) is 17.6 Å². The molecule has 4 heteroatoms. The maximum atomic E-state index is 12.3. The lowest BCUT2D eigenvalue weighted by Gasteiger charge is -2.30. The summed E-state index contributed by atoms with van der Waals surface area (Å²) in [5.41, 5.74) is -0.609. The normalized spacial score (nSPS) is 24.9. The van der Waals surface area contributed by atoms with Crippen LogP contribution in [0.25, 0.3) is 0 Å². The fourth-order valence-electron chi connectivity index (χ4n) is 2.30. The Hall–Kier alpha value is -0.610. The van der Waals surface area contributed by atoms with Crippen LogP contribution in [0.3, 0.4) is 0 Å². The van der Waals surface area contributed by atoms with Crippen LogP contribution in [0, 0.1) is 5.41 Å². The molecule has 1 aliphatic heterocycles. The minimum absolute atomic E-state index is 0.0848. The average molecular weight is 242 g/mol. The summed E-state index contributed by atoms with van der Waals surface area (Å²) in [5, 5.41) is 15.5. The van der Waals surface area contributed by atoms with E-state index in [1.807, 2.05) is 13.8 Å². The molecule has 3 N–H and O–H groups in total. The van der Waals surface area contributed by atoms with Crippen molar-refractivity contribution in [2.75, 3.05) is 19.7 Å². The predicted molar refractivity (Wildman–Crippen MR) is 68.8 cm³/mol. The number of carbonyl (C=O) groups excluding carboxylic acids is 1. The Morgan fingerprint density at radius 3 is 2.71 bits per heavy atom. The number of hydrogen-bond acceptors (Lipinski definition) is 3. The van der Waals surface area contributed by atoms with Gasteiger partial charge in [-0.25, -0.2) is 0 Å². The van der Waals surface area contributed by atoms with Crippen molar-refractivity contribution in [2.45, 2.75) is 52.0 Å². The first kappa shape index (κ1) is 14.5. The van der Waals surface area contributed by atoms with E-state index >= 15 is 0 Å². The van der Waals surface area contributed by atoms with Crippen LogP contribution >= 0.6 is 0 Å². The van der Waals surface area contributed by atoms with Crippen molar-refractivity contribution in [1.82, 2.24) is 10.6 Å². The van der Waals surface area contributed by atoms with Gasteiger partial charge in [-0.15, -0.1) is 0 Å². The maximum absolute atomic E-state index is 12.3. The topological polar surface area (TPSA) is 61.4 Å². The van der Waals surface area contributed by atoms with Crippen molar-refractivity contribution in [3.63, 3.8) is 0 Å². The van der Waals surface area contributed by atoms with Gasteiger partial charge in [-0.3, -0.25) is 4.79 Å². The first-order valence-electron chi connectivity index (χ1n) is 6.60. The molecule has 100 valence electrons. The zero-order chi connectivity index (χ0) is 12.9. The molecule has 1 aliphatic rings. The Morgan fingerprint density at radius 1 is 1.53 bits per heavy atom. The van der Waals surface area contributed by atoms with Crippen molar-refractivity contribution in [1.29, 1.82) is 0 Å². The molecule has 0 aliphatic carbocycles. The minimum atomic E-state index is -0.361. The van der Waals surface area contributed by atoms with E-state index in [0.29, 0.717) is 6.54 Å². The second-order valence-corrected chi connectivity index (χ2v) is 5.87. The van der Waals surface area contributed by atoms with Crippen molar-refractivity contribution in [3.05, 3.63) is 0 Å². The standard InChI is InChI=1S/C13H26N2O2/c1-4-6-13(7-5-8-15-13)11(17)14-9-12(2,3)10-16/h15-16H,4-10H2,1-3H3,(H,14,17). The molecule has 0 bridgehead atoms. The van der Waals surface area contributed by atoms with Crippen molar-refractivity contribution in [2.24, 2.45) is 5.41 Å². The third-order valence-electron chi connectivity index (χ3n) is 3.51. The van der Waals surface area contributed by atoms with Gasteiger partial charge < -0.3 is 15.7 Å². The molecule has 1 atom stereocenters. The predicted octanol–water partition coefficient (Wildman–Crippen LogP) is 1.04. The molecule has 0 aromatic rings. The molecule has 1 amide bonds.